The molecule has 0 aliphatic carbocycles. The number of para-hydroxylation sites is 1. The number of nitrogens with one attached hydrogen (secondary N) is 13. The summed E-state index contributed by atoms with van der Waals surface area (Å²) >= 11 is 0. The second-order valence-corrected chi connectivity index (χ2v) is 27.6. The Bertz CT molecular complexity index is 3500. The molecule has 0 aliphatic heterocycles. The maximum absolute atomic E-state index is 14.7. The highest BCUT2D eigenvalue weighted by molar-refractivity contribution is 6.00. The quantitative estimate of drug-likeness (QED) is 0.0289. The summed E-state index contributed by atoms with van der Waals surface area (Å²) in [5.41, 5.74) is 18.9. The summed E-state index contributed by atoms with van der Waals surface area (Å²) in [5.74, 6) is -17.5. The van der Waals surface area contributed by atoms with E-state index in [0.717, 1.165) is 0 Å². The number of carbonyl (C=O) groups is 15. The lowest BCUT2D eigenvalue weighted by Gasteiger charge is -2.30. The van der Waals surface area contributed by atoms with Crippen LogP contribution in [0.3, 0.4) is 0 Å². The molecule has 1 aromatic heterocycles. The van der Waals surface area contributed by atoms with E-state index in [1.54, 1.807) is 116 Å². The number of hydrogen-bond acceptors (Lipinski definition) is 19. The number of unbranched alkanes of at least 4 members (excludes halogenated alkanes) is 2. The van der Waals surface area contributed by atoms with Crippen LogP contribution in [0.15, 0.2) is 60.8 Å². The second kappa shape index (κ2) is 47.5. The van der Waals surface area contributed by atoms with Crippen LogP contribution in [0.2, 0.25) is 0 Å². The molecule has 15 atom stereocenters. The van der Waals surface area contributed by atoms with E-state index in [2.05, 4.69) is 68.8 Å². The number of amides is 12. The van der Waals surface area contributed by atoms with Gasteiger partial charge in [-0.25, -0.2) is 4.79 Å². The van der Waals surface area contributed by atoms with Crippen molar-refractivity contribution in [3.8, 4) is 0 Å². The molecule has 35 heteroatoms. The van der Waals surface area contributed by atoms with E-state index >= 15 is 0 Å². The molecule has 0 aliphatic rings. The van der Waals surface area contributed by atoms with Crippen LogP contribution in [0.25, 0.3) is 10.9 Å². The highest BCUT2D eigenvalue weighted by Gasteiger charge is 2.39. The molecule has 1 heterocycles. The molecular formula is C73H114N16O19. The van der Waals surface area contributed by atoms with Crippen molar-refractivity contribution in [3.05, 3.63) is 71.9 Å². The molecular weight excluding hydrogens is 1400 g/mol. The molecule has 600 valence electrons. The molecule has 0 saturated heterocycles. The Morgan fingerprint density at radius 3 is 1.33 bits per heavy atom. The van der Waals surface area contributed by atoms with Gasteiger partial charge in [-0.15, -0.1) is 0 Å². The van der Waals surface area contributed by atoms with Gasteiger partial charge in [0.1, 0.15) is 72.5 Å². The predicted molar refractivity (Wildman–Crippen MR) is 398 cm³/mol. The van der Waals surface area contributed by atoms with Gasteiger partial charge in [-0.2, -0.15) is 0 Å². The second-order valence-electron chi connectivity index (χ2n) is 27.6. The first-order valence-corrected chi connectivity index (χ1v) is 36.8. The van der Waals surface area contributed by atoms with Gasteiger partial charge < -0.3 is 106 Å². The molecule has 0 fully saturated rings. The lowest BCUT2D eigenvalue weighted by atomic mass is 9.94. The highest BCUT2D eigenvalue weighted by atomic mass is 16.4. The van der Waals surface area contributed by atoms with Crippen LogP contribution < -0.4 is 81.0 Å². The lowest BCUT2D eigenvalue weighted by molar-refractivity contribution is -0.142. The van der Waals surface area contributed by atoms with E-state index in [1.165, 1.54) is 6.92 Å². The Balaban J connectivity index is 1.90. The van der Waals surface area contributed by atoms with E-state index in [-0.39, 0.29) is 70.4 Å². The maximum atomic E-state index is 14.7. The van der Waals surface area contributed by atoms with Gasteiger partial charge in [-0.3, -0.25) is 67.1 Å². The summed E-state index contributed by atoms with van der Waals surface area (Å²) in [6.45, 7) is 13.8. The summed E-state index contributed by atoms with van der Waals surface area (Å²) in [6, 6.07) is -2.73. The third kappa shape index (κ3) is 31.0. The van der Waals surface area contributed by atoms with Crippen molar-refractivity contribution in [1.29, 1.82) is 0 Å². The molecule has 0 radical (unpaired) electrons. The summed E-state index contributed by atoms with van der Waals surface area (Å²) in [4.78, 5) is 208. The summed E-state index contributed by atoms with van der Waals surface area (Å²) in [6.07, 6.45) is 1.05. The first-order valence-electron chi connectivity index (χ1n) is 36.8. The summed E-state index contributed by atoms with van der Waals surface area (Å²) in [7, 11) is 0. The normalized spacial score (nSPS) is 15.4. The van der Waals surface area contributed by atoms with Crippen LogP contribution in [0.4, 0.5) is 0 Å². The monoisotopic (exact) mass is 1520 g/mol. The fourth-order valence-electron chi connectivity index (χ4n) is 11.5. The van der Waals surface area contributed by atoms with Gasteiger partial charge >= 0.3 is 17.9 Å². The van der Waals surface area contributed by atoms with E-state index in [0.29, 0.717) is 47.7 Å². The van der Waals surface area contributed by atoms with Crippen molar-refractivity contribution in [2.45, 2.75) is 231 Å². The van der Waals surface area contributed by atoms with Gasteiger partial charge in [0.25, 0.3) is 0 Å². The third-order valence-electron chi connectivity index (χ3n) is 18.6. The molecule has 0 bridgehead atoms. The minimum atomic E-state index is -1.81. The number of rotatable bonds is 51. The van der Waals surface area contributed by atoms with Gasteiger partial charge in [0.2, 0.25) is 70.9 Å². The SMILES string of the molecule is CC[C@H](C)[C@H](NC(=O)CN)C(=O)N[C@H](C(=O)N[C@@H](CC(=O)O)C(=O)N[C@H](C(=O)N[C@@H](C)C(=O)N[C@@H](CCCCN)C(=O)N[C@@H](CCCCN)C(=O)N[C@@H](CC(C)C)C(=O)N[C@@H](Cc1ccccc1)C(=O)N[C@@H](CCC(=O)O)C(=O)N[C@@H](CO)C(=O)N[C@@H](Cc1c[nH]c2ccccc12)C(=O)O)[C@@H](C)CC)[C@@H](C)CC. The van der Waals surface area contributed by atoms with Gasteiger partial charge in [-0.1, -0.05) is 123 Å². The smallest absolute Gasteiger partial charge is 0.326 e. The molecule has 35 nitrogen and oxygen atoms in total. The Morgan fingerprint density at radius 1 is 0.417 bits per heavy atom. The number of hydrogen-bond donors (Lipinski definition) is 20. The minimum Gasteiger partial charge on any atom is -0.481 e. The van der Waals surface area contributed by atoms with Crippen LogP contribution in [-0.4, -0.2) is 213 Å². The number of nitrogens with two attached hydrogens (primary N) is 3. The summed E-state index contributed by atoms with van der Waals surface area (Å²) in [5, 5.41) is 71.2. The average molecular weight is 1520 g/mol. The zero-order valence-corrected chi connectivity index (χ0v) is 63.1. The number of aliphatic hydroxyl groups excluding tert-OH is 1. The van der Waals surface area contributed by atoms with Crippen molar-refractivity contribution in [2.24, 2.45) is 40.9 Å². The van der Waals surface area contributed by atoms with E-state index in [1.807, 2.05) is 0 Å². The van der Waals surface area contributed by atoms with Crippen LogP contribution >= 0.6 is 0 Å². The van der Waals surface area contributed by atoms with Gasteiger partial charge in [-0.05, 0) is 112 Å². The highest BCUT2D eigenvalue weighted by Crippen LogP contribution is 2.21. The van der Waals surface area contributed by atoms with Gasteiger partial charge in [0.15, 0.2) is 0 Å². The molecule has 0 spiro atoms. The number of benzene rings is 2. The van der Waals surface area contributed by atoms with Gasteiger partial charge in [0, 0.05) is 36.4 Å². The molecule has 0 unspecified atom stereocenters. The third-order valence-corrected chi connectivity index (χ3v) is 18.6. The van der Waals surface area contributed by atoms with Crippen molar-refractivity contribution < 1.29 is 92.3 Å². The number of aliphatic carboxylic acids is 3. The zero-order valence-electron chi connectivity index (χ0n) is 63.1. The first kappa shape index (κ1) is 92.1. The molecule has 2 aromatic carbocycles. The Kier molecular flexibility index (Phi) is 40.5. The Labute approximate surface area is 628 Å². The van der Waals surface area contributed by atoms with Gasteiger partial charge in [0.05, 0.1) is 19.6 Å². The number of carboxylic acid groups (broad SMARTS) is 3. The number of carboxylic acids is 3. The molecule has 23 N–H and O–H groups in total. The maximum Gasteiger partial charge on any atom is 0.326 e. The van der Waals surface area contributed by atoms with E-state index in [4.69, 9.17) is 17.2 Å². The fraction of sp³-hybridized carbons (Fsp3) is 0.603. The molecule has 3 rings (SSSR count). The van der Waals surface area contributed by atoms with Crippen molar-refractivity contribution in [3.63, 3.8) is 0 Å². The molecule has 108 heavy (non-hydrogen) atoms. The van der Waals surface area contributed by atoms with E-state index < -0.39 is 211 Å². The number of H-pyrrole nitrogens is 1. The van der Waals surface area contributed by atoms with Crippen molar-refractivity contribution >= 4 is 99.7 Å². The number of aliphatic hydroxyl groups is 1. The molecule has 3 aromatic rings. The Hall–Kier alpha value is -10.1. The number of aromatic amines is 1. The zero-order chi connectivity index (χ0) is 80.9. The minimum absolute atomic E-state index is 0.0422. The van der Waals surface area contributed by atoms with Crippen molar-refractivity contribution in [1.82, 2.24) is 68.8 Å². The predicted octanol–water partition coefficient (Wildman–Crippen LogP) is -1.39. The van der Waals surface area contributed by atoms with Crippen LogP contribution in [0, 0.1) is 23.7 Å². The standard InChI is InChI=1S/C73H114N16O19/c1-10-40(6)59(87-56(91)36-76)72(106)89-61(42(8)12-3)71(105)84-53(35-58(94)95)68(102)88-60(41(7)11-2)70(104)78-43(9)62(96)79-48(26-18-20-30-74)63(97)80-49(27-19-21-31-75)64(98)82-51(32-39(4)5)66(100)83-52(33-44-22-14-13-15-23-44)67(101)81-50(28-29-57(92)93)65(99)86-55(38-90)69(103)85-54(73(107)108)34-45-37-77-47-25-17-16-24-46(45)47/h13-17,22-25,37,39-43,48-55,59-61,77,90H,10-12,18-21,26-36,38,74-76H2,1-9H3,(H,78,104)(H,79,96)(H,80,97)(H,81,101)(H,82,98)(H,83,100)(H,84,105)(H,85,103)(H,86,99)(H,87,91)(H,88,102)(H,89,106)(H,92,93)(H,94,95)(H,107,108)/t40-,41-,42-,43-,48-,49-,50-,51-,52-,53-,54-,55-,59-,60-,61-/m0/s1. The first-order chi connectivity index (χ1) is 51.2. The summed E-state index contributed by atoms with van der Waals surface area (Å²) < 4.78 is 0. The number of aromatic nitrogens is 1. The van der Waals surface area contributed by atoms with Crippen molar-refractivity contribution in [2.75, 3.05) is 26.2 Å². The number of fused-ring (bicyclic) bond motifs is 1. The van der Waals surface area contributed by atoms with Crippen LogP contribution in [0.1, 0.15) is 157 Å². The average Bonchev–Trinajstić information content (AvgIpc) is 1.48. The lowest BCUT2D eigenvalue weighted by Crippen LogP contribution is -2.62. The topological polar surface area (TPSA) is 575 Å². The largest absolute Gasteiger partial charge is 0.481 e. The fourth-order valence-corrected chi connectivity index (χ4v) is 11.5. The van der Waals surface area contributed by atoms with Crippen LogP contribution in [0.5, 0.6) is 0 Å². The molecule has 0 saturated carbocycles. The van der Waals surface area contributed by atoms with Crippen LogP contribution in [-0.2, 0) is 84.8 Å². The Morgan fingerprint density at radius 2 is 0.833 bits per heavy atom. The van der Waals surface area contributed by atoms with E-state index in [9.17, 15) is 92.3 Å². The molecule has 12 amide bonds. The number of carbonyl (C=O) groups excluding carboxylic acids is 12.